The van der Waals surface area contributed by atoms with Crippen LogP contribution in [0.5, 0.6) is 0 Å². The van der Waals surface area contributed by atoms with Crippen LogP contribution in [0.15, 0.2) is 24.3 Å². The number of nitrogens with zero attached hydrogens (tertiary/aromatic N) is 1. The maximum Gasteiger partial charge on any atom is 0.328 e. The molecule has 1 heterocycles. The molecular weight excluding hydrogens is 230 g/mol. The first kappa shape index (κ1) is 12.3. The molecule has 1 fully saturated rings. The molecule has 0 aromatic heterocycles. The van der Waals surface area contributed by atoms with Crippen LogP contribution in [0, 0.1) is 0 Å². The Labute approximate surface area is 99.0 Å². The number of carbonyl (C=O) groups excluding carboxylic acids is 2. The van der Waals surface area contributed by atoms with Gasteiger partial charge in [-0.1, -0.05) is 6.07 Å². The summed E-state index contributed by atoms with van der Waals surface area (Å²) in [5.74, 6) is -0.236. The zero-order chi connectivity index (χ0) is 10.8. The zero-order valence-electron chi connectivity index (χ0n) is 8.47. The number of benzene rings is 1. The number of hydrogen-bond acceptors (Lipinski definition) is 3. The lowest BCUT2D eigenvalue weighted by atomic mass is 10.2. The van der Waals surface area contributed by atoms with E-state index < -0.39 is 6.03 Å². The number of carbonyl (C=O) groups is 2. The van der Waals surface area contributed by atoms with Crippen LogP contribution in [-0.4, -0.2) is 18.5 Å². The summed E-state index contributed by atoms with van der Waals surface area (Å²) >= 11 is 0. The maximum atomic E-state index is 11.5. The summed E-state index contributed by atoms with van der Waals surface area (Å²) in [7, 11) is 0. The molecule has 3 N–H and O–H groups in total. The number of rotatable bonds is 1. The Morgan fingerprint density at radius 2 is 2.06 bits per heavy atom. The van der Waals surface area contributed by atoms with Crippen LogP contribution in [0.2, 0.25) is 0 Å². The van der Waals surface area contributed by atoms with Gasteiger partial charge in [-0.05, 0) is 18.2 Å². The topological polar surface area (TPSA) is 75.4 Å². The van der Waals surface area contributed by atoms with Gasteiger partial charge in [-0.25, -0.2) is 4.79 Å². The molecule has 1 aliphatic heterocycles. The predicted octanol–water partition coefficient (Wildman–Crippen LogP) is 1.14. The van der Waals surface area contributed by atoms with Gasteiger partial charge in [-0.3, -0.25) is 15.0 Å². The maximum absolute atomic E-state index is 11.5. The third kappa shape index (κ3) is 2.43. The average molecular weight is 242 g/mol. The second kappa shape index (κ2) is 4.85. The van der Waals surface area contributed by atoms with Crippen molar-refractivity contribution in [1.82, 2.24) is 5.32 Å². The third-order valence-electron chi connectivity index (χ3n) is 2.24. The van der Waals surface area contributed by atoms with Gasteiger partial charge >= 0.3 is 6.03 Å². The van der Waals surface area contributed by atoms with Crippen LogP contribution in [0.25, 0.3) is 0 Å². The highest BCUT2D eigenvalue weighted by molar-refractivity contribution is 6.05. The number of amides is 3. The molecule has 1 aromatic rings. The molecule has 86 valence electrons. The number of hydrogen-bond donors (Lipinski definition) is 2. The SMILES string of the molecule is Cl.Nc1cccc(N2CCC(=O)NC2=O)c1. The molecule has 3 amide bonds. The molecule has 0 aliphatic carbocycles. The fourth-order valence-electron chi connectivity index (χ4n) is 1.50. The van der Waals surface area contributed by atoms with Crippen LogP contribution in [0.4, 0.5) is 16.2 Å². The number of nitrogens with one attached hydrogen (secondary N) is 1. The van der Waals surface area contributed by atoms with Crippen molar-refractivity contribution in [2.45, 2.75) is 6.42 Å². The lowest BCUT2D eigenvalue weighted by Gasteiger charge is -2.26. The molecule has 6 heteroatoms. The van der Waals surface area contributed by atoms with Crippen LogP contribution in [0.1, 0.15) is 6.42 Å². The van der Waals surface area contributed by atoms with Gasteiger partial charge in [0.1, 0.15) is 0 Å². The second-order valence-electron chi connectivity index (χ2n) is 3.35. The highest BCUT2D eigenvalue weighted by Gasteiger charge is 2.23. The van der Waals surface area contributed by atoms with E-state index >= 15 is 0 Å². The molecule has 5 nitrogen and oxygen atoms in total. The van der Waals surface area contributed by atoms with Gasteiger partial charge in [0.25, 0.3) is 0 Å². The molecule has 0 radical (unpaired) electrons. The Hall–Kier alpha value is -1.75. The number of nitrogen functional groups attached to an aromatic ring is 1. The van der Waals surface area contributed by atoms with Crippen molar-refractivity contribution < 1.29 is 9.59 Å². The predicted molar refractivity (Wildman–Crippen MR) is 63.6 cm³/mol. The summed E-state index contributed by atoms with van der Waals surface area (Å²) in [6, 6.07) is 6.61. The lowest BCUT2D eigenvalue weighted by molar-refractivity contribution is -0.120. The number of imide groups is 1. The molecule has 0 saturated carbocycles. The largest absolute Gasteiger partial charge is 0.399 e. The van der Waals surface area contributed by atoms with Crippen molar-refractivity contribution in [2.75, 3.05) is 17.2 Å². The first-order valence-corrected chi connectivity index (χ1v) is 4.64. The van der Waals surface area contributed by atoms with E-state index in [4.69, 9.17) is 5.73 Å². The van der Waals surface area contributed by atoms with Crippen LogP contribution in [-0.2, 0) is 4.79 Å². The van der Waals surface area contributed by atoms with Crippen LogP contribution >= 0.6 is 12.4 Å². The summed E-state index contributed by atoms with van der Waals surface area (Å²) < 4.78 is 0. The quantitative estimate of drug-likeness (QED) is 0.724. The molecule has 16 heavy (non-hydrogen) atoms. The summed E-state index contributed by atoms with van der Waals surface area (Å²) in [5, 5.41) is 2.25. The molecule has 1 aliphatic rings. The van der Waals surface area contributed by atoms with Crippen molar-refractivity contribution in [1.29, 1.82) is 0 Å². The van der Waals surface area contributed by atoms with Gasteiger partial charge < -0.3 is 5.73 Å². The lowest BCUT2D eigenvalue weighted by Crippen LogP contribution is -2.49. The molecule has 2 rings (SSSR count). The summed E-state index contributed by atoms with van der Waals surface area (Å²) in [6.07, 6.45) is 0.320. The minimum absolute atomic E-state index is 0. The molecule has 1 saturated heterocycles. The van der Waals surface area contributed by atoms with Gasteiger partial charge in [0, 0.05) is 24.3 Å². The number of anilines is 2. The number of urea groups is 1. The molecule has 0 atom stereocenters. The standard InChI is InChI=1S/C10H11N3O2.ClH/c11-7-2-1-3-8(6-7)13-5-4-9(14)12-10(13)15;/h1-3,6H,4-5,11H2,(H,12,14,15);1H. The smallest absolute Gasteiger partial charge is 0.328 e. The van der Waals surface area contributed by atoms with Gasteiger partial charge in [-0.2, -0.15) is 0 Å². The molecule has 1 aromatic carbocycles. The Morgan fingerprint density at radius 1 is 1.31 bits per heavy atom. The normalized spacial score (nSPS) is 15.4. The minimum Gasteiger partial charge on any atom is -0.399 e. The van der Waals surface area contributed by atoms with E-state index in [0.717, 1.165) is 0 Å². The second-order valence-corrected chi connectivity index (χ2v) is 3.35. The number of nitrogens with two attached hydrogens (primary N) is 1. The molecule has 0 unspecified atom stereocenters. The average Bonchev–Trinajstić information content (AvgIpc) is 2.17. The van der Waals surface area contributed by atoms with Crippen molar-refractivity contribution in [2.24, 2.45) is 0 Å². The van der Waals surface area contributed by atoms with E-state index in [0.29, 0.717) is 24.3 Å². The van der Waals surface area contributed by atoms with Crippen LogP contribution < -0.4 is 16.0 Å². The Morgan fingerprint density at radius 3 is 2.69 bits per heavy atom. The minimum atomic E-state index is -0.392. The third-order valence-corrected chi connectivity index (χ3v) is 2.24. The molecule has 0 spiro atoms. The molecular formula is C10H12ClN3O2. The van der Waals surface area contributed by atoms with Crippen LogP contribution in [0.3, 0.4) is 0 Å². The zero-order valence-corrected chi connectivity index (χ0v) is 9.29. The first-order chi connectivity index (χ1) is 7.16. The van der Waals surface area contributed by atoms with Crippen molar-refractivity contribution in [3.05, 3.63) is 24.3 Å². The summed E-state index contributed by atoms with van der Waals surface area (Å²) in [5.41, 5.74) is 6.92. The first-order valence-electron chi connectivity index (χ1n) is 4.64. The van der Waals surface area contributed by atoms with E-state index in [1.165, 1.54) is 4.90 Å². The van der Waals surface area contributed by atoms with Gasteiger partial charge in [-0.15, -0.1) is 12.4 Å². The number of halogens is 1. The van der Waals surface area contributed by atoms with Gasteiger partial charge in [0.2, 0.25) is 5.91 Å². The van der Waals surface area contributed by atoms with Crippen molar-refractivity contribution >= 4 is 35.7 Å². The van der Waals surface area contributed by atoms with E-state index in [2.05, 4.69) is 5.32 Å². The monoisotopic (exact) mass is 241 g/mol. The Balaban J connectivity index is 0.00000128. The fourth-order valence-corrected chi connectivity index (χ4v) is 1.50. The van der Waals surface area contributed by atoms with E-state index in [1.54, 1.807) is 24.3 Å². The van der Waals surface area contributed by atoms with Crippen molar-refractivity contribution in [3.8, 4) is 0 Å². The highest BCUT2D eigenvalue weighted by Crippen LogP contribution is 2.19. The summed E-state index contributed by atoms with van der Waals surface area (Å²) in [6.45, 7) is 0.397. The Bertz CT molecular complexity index is 422. The fraction of sp³-hybridized carbons (Fsp3) is 0.200. The van der Waals surface area contributed by atoms with Gasteiger partial charge in [0.15, 0.2) is 0 Å². The highest BCUT2D eigenvalue weighted by atomic mass is 35.5. The van der Waals surface area contributed by atoms with E-state index in [9.17, 15) is 9.59 Å². The van der Waals surface area contributed by atoms with E-state index in [1.807, 2.05) is 0 Å². The Kier molecular flexibility index (Phi) is 3.73. The van der Waals surface area contributed by atoms with Gasteiger partial charge in [0.05, 0.1) is 0 Å². The van der Waals surface area contributed by atoms with Crippen molar-refractivity contribution in [3.63, 3.8) is 0 Å². The molecule has 0 bridgehead atoms. The summed E-state index contributed by atoms with van der Waals surface area (Å²) in [4.78, 5) is 23.9. The van der Waals surface area contributed by atoms with E-state index in [-0.39, 0.29) is 18.3 Å².